The predicted octanol–water partition coefficient (Wildman–Crippen LogP) is 2.75. The van der Waals surface area contributed by atoms with Crippen molar-refractivity contribution < 1.29 is 9.90 Å². The third-order valence-electron chi connectivity index (χ3n) is 4.21. The van der Waals surface area contributed by atoms with Gasteiger partial charge in [0.1, 0.15) is 11.6 Å². The van der Waals surface area contributed by atoms with Gasteiger partial charge in [-0.3, -0.25) is 0 Å². The van der Waals surface area contributed by atoms with Crippen molar-refractivity contribution in [3.63, 3.8) is 0 Å². The molecule has 136 valence electrons. The Hall–Kier alpha value is -2.41. The smallest absolute Gasteiger partial charge is 0.321 e. The van der Waals surface area contributed by atoms with Crippen molar-refractivity contribution >= 4 is 11.7 Å². The Kier molecular flexibility index (Phi) is 5.47. The summed E-state index contributed by atoms with van der Waals surface area (Å²) in [5, 5.41) is 17.0. The summed E-state index contributed by atoms with van der Waals surface area (Å²) >= 11 is 0. The van der Waals surface area contributed by atoms with Gasteiger partial charge in [-0.15, -0.1) is 0 Å². The highest BCUT2D eigenvalue weighted by Gasteiger charge is 2.30. The summed E-state index contributed by atoms with van der Waals surface area (Å²) < 4.78 is 1.71. The normalized spacial score (nSPS) is 12.8. The SMILES string of the molecule is Cc1nc(C)n(-c2ccccc2NC(=O)N(C)C(CO)C(C)(C)C)n1. The summed E-state index contributed by atoms with van der Waals surface area (Å²) in [6.07, 6.45) is 0. The molecule has 0 saturated heterocycles. The number of benzene rings is 1. The number of aromatic nitrogens is 3. The van der Waals surface area contributed by atoms with Gasteiger partial charge in [-0.05, 0) is 31.4 Å². The number of urea groups is 1. The molecule has 0 fully saturated rings. The fraction of sp³-hybridized carbons (Fsp3) is 0.500. The van der Waals surface area contributed by atoms with Crippen LogP contribution in [-0.4, -0.2) is 50.5 Å². The zero-order chi connectivity index (χ0) is 18.8. The molecule has 2 aromatic rings. The molecule has 2 N–H and O–H groups in total. The lowest BCUT2D eigenvalue weighted by atomic mass is 9.86. The van der Waals surface area contributed by atoms with Gasteiger partial charge in [-0.1, -0.05) is 32.9 Å². The first-order valence-corrected chi connectivity index (χ1v) is 8.29. The number of carbonyl (C=O) groups excluding carboxylic acids is 1. The minimum atomic E-state index is -0.296. The highest BCUT2D eigenvalue weighted by molar-refractivity contribution is 5.91. The van der Waals surface area contributed by atoms with Crippen LogP contribution in [0.15, 0.2) is 24.3 Å². The fourth-order valence-corrected chi connectivity index (χ4v) is 2.84. The van der Waals surface area contributed by atoms with E-state index in [0.717, 1.165) is 11.5 Å². The number of carbonyl (C=O) groups is 1. The third-order valence-corrected chi connectivity index (χ3v) is 4.21. The van der Waals surface area contributed by atoms with Crippen LogP contribution in [-0.2, 0) is 0 Å². The largest absolute Gasteiger partial charge is 0.394 e. The average molecular weight is 345 g/mol. The molecule has 2 amide bonds. The standard InChI is InChI=1S/C18H27N5O2/c1-12-19-13(2)23(21-12)15-10-8-7-9-14(15)20-17(25)22(6)16(11-24)18(3,4)5/h7-10,16,24H,11H2,1-6H3,(H,20,25). The van der Waals surface area contributed by atoms with Crippen LogP contribution in [0.3, 0.4) is 0 Å². The maximum Gasteiger partial charge on any atom is 0.321 e. The zero-order valence-electron chi connectivity index (χ0n) is 15.7. The van der Waals surface area contributed by atoms with E-state index < -0.39 is 0 Å². The lowest BCUT2D eigenvalue weighted by Crippen LogP contribution is -2.49. The minimum Gasteiger partial charge on any atom is -0.394 e. The first-order chi connectivity index (χ1) is 11.6. The van der Waals surface area contributed by atoms with Crippen LogP contribution in [0, 0.1) is 19.3 Å². The topological polar surface area (TPSA) is 83.3 Å². The molecule has 7 nitrogen and oxygen atoms in total. The summed E-state index contributed by atoms with van der Waals surface area (Å²) in [6, 6.07) is 6.86. The van der Waals surface area contributed by atoms with Crippen molar-refractivity contribution in [2.24, 2.45) is 5.41 Å². The van der Waals surface area contributed by atoms with Crippen molar-refractivity contribution in [2.45, 2.75) is 40.7 Å². The first-order valence-electron chi connectivity index (χ1n) is 8.29. The van der Waals surface area contributed by atoms with Crippen LogP contribution < -0.4 is 5.32 Å². The summed E-state index contributed by atoms with van der Waals surface area (Å²) in [5.41, 5.74) is 1.15. The number of aryl methyl sites for hydroxylation is 2. The van der Waals surface area contributed by atoms with Crippen LogP contribution in [0.25, 0.3) is 5.69 Å². The molecule has 1 aromatic carbocycles. The number of hydrogen-bond acceptors (Lipinski definition) is 4. The molecule has 7 heteroatoms. The van der Waals surface area contributed by atoms with E-state index in [-0.39, 0.29) is 24.1 Å². The molecule has 0 aliphatic heterocycles. The summed E-state index contributed by atoms with van der Waals surface area (Å²) in [7, 11) is 1.69. The lowest BCUT2D eigenvalue weighted by molar-refractivity contribution is 0.0886. The van der Waals surface area contributed by atoms with Gasteiger partial charge >= 0.3 is 6.03 Å². The highest BCUT2D eigenvalue weighted by atomic mass is 16.3. The van der Waals surface area contributed by atoms with E-state index in [1.54, 1.807) is 11.7 Å². The second-order valence-corrected chi connectivity index (χ2v) is 7.24. The molecule has 1 unspecified atom stereocenters. The van der Waals surface area contributed by atoms with E-state index in [2.05, 4.69) is 15.4 Å². The van der Waals surface area contributed by atoms with Crippen LogP contribution in [0.5, 0.6) is 0 Å². The Bertz CT molecular complexity index is 748. The molecule has 0 saturated carbocycles. The summed E-state index contributed by atoms with van der Waals surface area (Å²) in [4.78, 5) is 18.5. The first kappa shape index (κ1) is 18.9. The molecule has 0 spiro atoms. The Morgan fingerprint density at radius 3 is 2.48 bits per heavy atom. The Morgan fingerprint density at radius 1 is 1.32 bits per heavy atom. The van der Waals surface area contributed by atoms with Crippen LogP contribution >= 0.6 is 0 Å². The fourth-order valence-electron chi connectivity index (χ4n) is 2.84. The minimum absolute atomic E-state index is 0.101. The molecular formula is C18H27N5O2. The zero-order valence-corrected chi connectivity index (χ0v) is 15.7. The van der Waals surface area contributed by atoms with Gasteiger partial charge in [0.15, 0.2) is 0 Å². The Balaban J connectivity index is 2.29. The van der Waals surface area contributed by atoms with Crippen molar-refractivity contribution in [3.8, 4) is 5.69 Å². The number of para-hydroxylation sites is 2. The van der Waals surface area contributed by atoms with Gasteiger partial charge in [0.2, 0.25) is 0 Å². The number of aliphatic hydroxyl groups excluding tert-OH is 1. The van der Waals surface area contributed by atoms with Gasteiger partial charge in [-0.25, -0.2) is 14.5 Å². The Labute approximate surface area is 148 Å². The van der Waals surface area contributed by atoms with Crippen LogP contribution in [0.2, 0.25) is 0 Å². The monoisotopic (exact) mass is 345 g/mol. The van der Waals surface area contributed by atoms with E-state index in [1.165, 1.54) is 4.90 Å². The number of amides is 2. The van der Waals surface area contributed by atoms with Gasteiger partial charge in [0.05, 0.1) is 24.0 Å². The van der Waals surface area contributed by atoms with Crippen molar-refractivity contribution in [1.29, 1.82) is 0 Å². The number of nitrogens with zero attached hydrogens (tertiary/aromatic N) is 4. The van der Waals surface area contributed by atoms with E-state index in [1.807, 2.05) is 58.9 Å². The van der Waals surface area contributed by atoms with E-state index in [9.17, 15) is 9.90 Å². The van der Waals surface area contributed by atoms with Gasteiger partial charge in [-0.2, -0.15) is 5.10 Å². The number of aliphatic hydroxyl groups is 1. The highest BCUT2D eigenvalue weighted by Crippen LogP contribution is 2.25. The summed E-state index contributed by atoms with van der Waals surface area (Å²) in [6.45, 7) is 9.57. The van der Waals surface area contributed by atoms with Gasteiger partial charge < -0.3 is 15.3 Å². The summed E-state index contributed by atoms with van der Waals surface area (Å²) in [5.74, 6) is 1.42. The second kappa shape index (κ2) is 7.23. The molecule has 0 radical (unpaired) electrons. The number of anilines is 1. The molecule has 1 atom stereocenters. The molecule has 1 heterocycles. The van der Waals surface area contributed by atoms with Gasteiger partial charge in [0, 0.05) is 7.05 Å². The van der Waals surface area contributed by atoms with Crippen molar-refractivity contribution in [3.05, 3.63) is 35.9 Å². The quantitative estimate of drug-likeness (QED) is 0.892. The van der Waals surface area contributed by atoms with Crippen LogP contribution in [0.1, 0.15) is 32.4 Å². The second-order valence-electron chi connectivity index (χ2n) is 7.24. The maximum absolute atomic E-state index is 12.7. The third kappa shape index (κ3) is 4.17. The van der Waals surface area contributed by atoms with E-state index >= 15 is 0 Å². The number of nitrogens with one attached hydrogen (secondary N) is 1. The molecule has 2 rings (SSSR count). The number of hydrogen-bond donors (Lipinski definition) is 2. The Morgan fingerprint density at radius 2 is 1.96 bits per heavy atom. The number of rotatable bonds is 4. The van der Waals surface area contributed by atoms with Gasteiger partial charge in [0.25, 0.3) is 0 Å². The molecule has 0 bridgehead atoms. The van der Waals surface area contributed by atoms with Crippen molar-refractivity contribution in [2.75, 3.05) is 19.0 Å². The molecular weight excluding hydrogens is 318 g/mol. The van der Waals surface area contributed by atoms with Crippen LogP contribution in [0.4, 0.5) is 10.5 Å². The predicted molar refractivity (Wildman–Crippen MR) is 97.9 cm³/mol. The van der Waals surface area contributed by atoms with E-state index in [4.69, 9.17) is 0 Å². The van der Waals surface area contributed by atoms with Crippen molar-refractivity contribution in [1.82, 2.24) is 19.7 Å². The molecule has 0 aliphatic carbocycles. The average Bonchev–Trinajstić information content (AvgIpc) is 2.85. The molecule has 1 aromatic heterocycles. The number of likely N-dealkylation sites (N-methyl/N-ethyl adjacent to an activating group) is 1. The maximum atomic E-state index is 12.7. The molecule has 25 heavy (non-hydrogen) atoms. The lowest BCUT2D eigenvalue weighted by Gasteiger charge is -2.36. The van der Waals surface area contributed by atoms with E-state index in [0.29, 0.717) is 11.5 Å². The molecule has 0 aliphatic rings.